The van der Waals surface area contributed by atoms with Crippen molar-refractivity contribution < 1.29 is 48.4 Å². The number of aliphatic hydroxyl groups is 2. The number of nitrogens with zero attached hydrogens (tertiary/aromatic N) is 2. The molecular formula is C58H58N4O10. The third-order valence-corrected chi connectivity index (χ3v) is 14.2. The fraction of sp³-hybridized carbons (Fsp3) is 0.328. The number of cyclic esters (lactones) is 1. The first-order chi connectivity index (χ1) is 35.0. The maximum absolute atomic E-state index is 16.7. The predicted octanol–water partition coefficient (Wildman–Crippen LogP) is 7.33. The first-order valence-electron chi connectivity index (χ1n) is 24.5. The van der Waals surface area contributed by atoms with Crippen LogP contribution in [0.2, 0.25) is 0 Å². The molecule has 5 aromatic carbocycles. The molecule has 0 bridgehead atoms. The summed E-state index contributed by atoms with van der Waals surface area (Å²) in [5.41, 5.74) is 1.96. The van der Waals surface area contributed by atoms with Crippen molar-refractivity contribution in [1.82, 2.24) is 15.5 Å². The summed E-state index contributed by atoms with van der Waals surface area (Å²) in [4.78, 5) is 79.4. The Kier molecular flexibility index (Phi) is 14.7. The third-order valence-electron chi connectivity index (χ3n) is 14.2. The Morgan fingerprint density at radius 3 is 2.19 bits per heavy atom. The Balaban J connectivity index is 1.34. The van der Waals surface area contributed by atoms with Crippen LogP contribution in [0.25, 0.3) is 0 Å². The predicted molar refractivity (Wildman–Crippen MR) is 268 cm³/mol. The minimum Gasteiger partial charge on any atom is -0.491 e. The van der Waals surface area contributed by atoms with Gasteiger partial charge in [-0.05, 0) is 95.3 Å². The van der Waals surface area contributed by atoms with Crippen LogP contribution in [0.5, 0.6) is 5.75 Å². The van der Waals surface area contributed by atoms with E-state index in [9.17, 15) is 15.0 Å². The van der Waals surface area contributed by atoms with Crippen molar-refractivity contribution in [3.63, 3.8) is 0 Å². The molecule has 3 aliphatic heterocycles. The van der Waals surface area contributed by atoms with Gasteiger partial charge >= 0.3 is 18.0 Å². The lowest BCUT2D eigenvalue weighted by molar-refractivity contribution is -0.178. The van der Waals surface area contributed by atoms with Crippen molar-refractivity contribution in [2.45, 2.75) is 81.3 Å². The topological polar surface area (TPSA) is 184 Å². The summed E-state index contributed by atoms with van der Waals surface area (Å²) in [6.45, 7) is 2.82. The molecule has 4 amide bonds. The molecule has 4 aliphatic rings. The van der Waals surface area contributed by atoms with Gasteiger partial charge in [0.2, 0.25) is 11.8 Å². The van der Waals surface area contributed by atoms with E-state index in [0.717, 1.165) is 36.2 Å². The SMILES string of the molecule is COC(=O)[C@@H](NC(=O)N1C(=O)[C@@]2(c3cc(C#CC4=CCCCC4)ccc31)[C@H](c1cccc(OCCO)c1)N1[C@H](c3ccccc3)[C@H](c3ccccc3)OC(=O)[C@H]1[C@@H]2C(=O)NC[C@H](O)c1ccccc1)C(C)C. The quantitative estimate of drug-likeness (QED) is 0.0685. The Bertz CT molecular complexity index is 2920. The molecule has 2 saturated heterocycles. The molecule has 9 rings (SSSR count). The second-order valence-corrected chi connectivity index (χ2v) is 18.9. The van der Waals surface area contributed by atoms with Crippen LogP contribution in [0.3, 0.4) is 0 Å². The number of hydrogen-bond donors (Lipinski definition) is 4. The number of carbonyl (C=O) groups is 5. The number of hydrogen-bond acceptors (Lipinski definition) is 11. The average Bonchev–Trinajstić information content (AvgIpc) is 3.87. The van der Waals surface area contributed by atoms with Gasteiger partial charge in [0.15, 0.2) is 0 Å². The summed E-state index contributed by atoms with van der Waals surface area (Å²) in [5, 5.41) is 27.1. The maximum atomic E-state index is 16.7. The van der Waals surface area contributed by atoms with Crippen molar-refractivity contribution in [1.29, 1.82) is 0 Å². The second kappa shape index (κ2) is 21.4. The molecule has 14 nitrogen and oxygen atoms in total. The lowest BCUT2D eigenvalue weighted by atomic mass is 9.65. The van der Waals surface area contributed by atoms with Gasteiger partial charge in [-0.2, -0.15) is 0 Å². The molecule has 4 N–H and O–H groups in total. The second-order valence-electron chi connectivity index (χ2n) is 18.9. The van der Waals surface area contributed by atoms with Crippen LogP contribution in [0.15, 0.2) is 145 Å². The van der Waals surface area contributed by atoms with Crippen LogP contribution in [0.1, 0.15) is 97.2 Å². The molecule has 1 aliphatic carbocycles. The molecule has 0 radical (unpaired) electrons. The van der Waals surface area contributed by atoms with Crippen LogP contribution in [-0.2, 0) is 34.1 Å². The number of urea groups is 1. The number of morpholine rings is 1. The number of ether oxygens (including phenoxy) is 3. The Morgan fingerprint density at radius 1 is 0.833 bits per heavy atom. The highest BCUT2D eigenvalue weighted by atomic mass is 16.6. The smallest absolute Gasteiger partial charge is 0.329 e. The molecule has 0 saturated carbocycles. The average molecular weight is 971 g/mol. The number of benzene rings is 5. The molecule has 8 atom stereocenters. The van der Waals surface area contributed by atoms with E-state index in [0.29, 0.717) is 33.6 Å². The minimum atomic E-state index is -2.16. The molecule has 370 valence electrons. The van der Waals surface area contributed by atoms with E-state index in [1.165, 1.54) is 7.11 Å². The van der Waals surface area contributed by atoms with Crippen molar-refractivity contribution in [3.8, 4) is 17.6 Å². The van der Waals surface area contributed by atoms with Gasteiger partial charge in [0.25, 0.3) is 0 Å². The summed E-state index contributed by atoms with van der Waals surface area (Å²) in [5.74, 6) is 1.70. The van der Waals surface area contributed by atoms with Crippen molar-refractivity contribution in [2.24, 2.45) is 11.8 Å². The van der Waals surface area contributed by atoms with Gasteiger partial charge in [0.05, 0.1) is 43.5 Å². The van der Waals surface area contributed by atoms with E-state index in [1.54, 1.807) is 86.6 Å². The standard InChI is InChI=1S/C58H58N4O10/c1-36(2)48(54(66)70-3)60-57(69)61-45-30-29-38(28-27-37-17-8-4-9-18-37)33-44(45)58(56(61)68)47(53(65)59-35-46(64)39-19-10-5-11-20-39)50-55(67)72-51(41-23-14-7-15-24-41)49(40-21-12-6-13-22-40)62(50)52(58)42-25-16-26-43(34-42)71-32-31-63/h5-7,10-17,19-26,29-30,33-34,36,46-52,63-64H,4,8-9,18,31-32,35H2,1-3H3,(H,59,65)(H,60,69)/t46-,47+,48-,49+,50+,51-,52-,58+/m0/s1. The van der Waals surface area contributed by atoms with E-state index < -0.39 is 83.4 Å². The summed E-state index contributed by atoms with van der Waals surface area (Å²) in [6.07, 6.45) is 3.72. The van der Waals surface area contributed by atoms with Crippen LogP contribution in [0, 0.1) is 23.7 Å². The first-order valence-corrected chi connectivity index (χ1v) is 24.5. The number of nitrogens with one attached hydrogen (secondary N) is 2. The Labute approximate surface area is 419 Å². The van der Waals surface area contributed by atoms with Gasteiger partial charge in [-0.25, -0.2) is 14.5 Å². The van der Waals surface area contributed by atoms with E-state index in [-0.39, 0.29) is 31.0 Å². The number of allylic oxidation sites excluding steroid dienone is 2. The molecule has 72 heavy (non-hydrogen) atoms. The van der Waals surface area contributed by atoms with Crippen LogP contribution in [-0.4, -0.2) is 83.8 Å². The third kappa shape index (κ3) is 9.27. The Morgan fingerprint density at radius 2 is 1.53 bits per heavy atom. The number of anilines is 1. The van der Waals surface area contributed by atoms with E-state index in [4.69, 9.17) is 14.2 Å². The summed E-state index contributed by atoms with van der Waals surface area (Å²) >= 11 is 0. The van der Waals surface area contributed by atoms with E-state index >= 15 is 19.2 Å². The zero-order valence-electron chi connectivity index (χ0n) is 40.4. The maximum Gasteiger partial charge on any atom is 0.329 e. The van der Waals surface area contributed by atoms with E-state index in [1.807, 2.05) is 65.6 Å². The van der Waals surface area contributed by atoms with Crippen LogP contribution in [0.4, 0.5) is 10.5 Å². The highest BCUT2D eigenvalue weighted by Crippen LogP contribution is 2.66. The number of carbonyl (C=O) groups excluding carboxylic acids is 5. The number of rotatable bonds is 13. The van der Waals surface area contributed by atoms with Gasteiger partial charge in [-0.3, -0.25) is 19.3 Å². The number of esters is 2. The summed E-state index contributed by atoms with van der Waals surface area (Å²) in [7, 11) is 1.21. The Hall–Kier alpha value is -7.57. The lowest BCUT2D eigenvalue weighted by Crippen LogP contribution is -2.58. The lowest BCUT2D eigenvalue weighted by Gasteiger charge is -2.46. The molecule has 0 aromatic heterocycles. The minimum absolute atomic E-state index is 0.0548. The van der Waals surface area contributed by atoms with Gasteiger partial charge in [0, 0.05) is 12.1 Å². The monoisotopic (exact) mass is 970 g/mol. The molecule has 14 heteroatoms. The van der Waals surface area contributed by atoms with E-state index in [2.05, 4.69) is 28.6 Å². The number of imide groups is 1. The number of aliphatic hydroxyl groups excluding tert-OH is 2. The highest BCUT2D eigenvalue weighted by molar-refractivity contribution is 6.25. The number of amides is 4. The van der Waals surface area contributed by atoms with Crippen molar-refractivity contribution in [2.75, 3.05) is 31.8 Å². The van der Waals surface area contributed by atoms with Gasteiger partial charge < -0.3 is 35.1 Å². The van der Waals surface area contributed by atoms with Gasteiger partial charge in [-0.1, -0.05) is 135 Å². The van der Waals surface area contributed by atoms with Crippen LogP contribution >= 0.6 is 0 Å². The van der Waals surface area contributed by atoms with Crippen LogP contribution < -0.4 is 20.3 Å². The number of methoxy groups -OCH3 is 1. The van der Waals surface area contributed by atoms with Gasteiger partial charge in [0.1, 0.15) is 36.0 Å². The fourth-order valence-electron chi connectivity index (χ4n) is 11.0. The highest BCUT2D eigenvalue weighted by Gasteiger charge is 2.75. The molecule has 2 fully saturated rings. The molecular weight excluding hydrogens is 913 g/mol. The number of fused-ring (bicyclic) bond motifs is 3. The molecule has 3 heterocycles. The molecule has 1 spiro atoms. The fourth-order valence-corrected chi connectivity index (χ4v) is 11.0. The van der Waals surface area contributed by atoms with Gasteiger partial charge in [-0.15, -0.1) is 0 Å². The molecule has 0 unspecified atom stereocenters. The molecule has 5 aromatic rings. The zero-order chi connectivity index (χ0) is 50.5. The largest absolute Gasteiger partial charge is 0.491 e. The summed E-state index contributed by atoms with van der Waals surface area (Å²) in [6, 6.07) is 33.7. The summed E-state index contributed by atoms with van der Waals surface area (Å²) < 4.78 is 17.7. The normalized spacial score (nSPS) is 23.2. The zero-order valence-corrected chi connectivity index (χ0v) is 40.4. The van der Waals surface area contributed by atoms with Crippen molar-refractivity contribution >= 4 is 35.5 Å². The van der Waals surface area contributed by atoms with Crippen molar-refractivity contribution in [3.05, 3.63) is 178 Å². The first kappa shape index (κ1) is 49.4.